The molecule has 18 heavy (non-hydrogen) atoms. The van der Waals surface area contributed by atoms with E-state index in [-0.39, 0.29) is 23.8 Å². The van der Waals surface area contributed by atoms with E-state index < -0.39 is 6.10 Å². The van der Waals surface area contributed by atoms with Crippen molar-refractivity contribution in [1.29, 1.82) is 0 Å². The van der Waals surface area contributed by atoms with Crippen molar-refractivity contribution in [3.8, 4) is 0 Å². The molecule has 2 atom stereocenters. The van der Waals surface area contributed by atoms with Gasteiger partial charge in [-0.2, -0.15) is 0 Å². The number of aliphatic hydroxyl groups is 1. The van der Waals surface area contributed by atoms with Crippen LogP contribution in [0.25, 0.3) is 0 Å². The summed E-state index contributed by atoms with van der Waals surface area (Å²) < 4.78 is 0. The smallest absolute Gasteiger partial charge is 0.227 e. The predicted molar refractivity (Wildman–Crippen MR) is 68.9 cm³/mol. The highest BCUT2D eigenvalue weighted by atomic mass is 16.3. The normalized spacial score (nSPS) is 21.6. The van der Waals surface area contributed by atoms with Crippen LogP contribution in [0.15, 0.2) is 0 Å². The van der Waals surface area contributed by atoms with Crippen molar-refractivity contribution in [3.63, 3.8) is 0 Å². The molecule has 1 aliphatic rings. The third-order valence-electron chi connectivity index (χ3n) is 3.39. The van der Waals surface area contributed by atoms with Gasteiger partial charge >= 0.3 is 0 Å². The summed E-state index contributed by atoms with van der Waals surface area (Å²) in [5, 5.41) is 9.20. The molecule has 1 heterocycles. The lowest BCUT2D eigenvalue weighted by Gasteiger charge is -2.23. The number of aliphatic hydroxyl groups excluding tert-OH is 1. The van der Waals surface area contributed by atoms with Gasteiger partial charge in [0.05, 0.1) is 12.0 Å². The maximum Gasteiger partial charge on any atom is 0.227 e. The van der Waals surface area contributed by atoms with Crippen LogP contribution in [0.2, 0.25) is 0 Å². The van der Waals surface area contributed by atoms with Gasteiger partial charge in [0.25, 0.3) is 0 Å². The first-order chi connectivity index (χ1) is 8.32. The zero-order valence-electron chi connectivity index (χ0n) is 11.7. The van der Waals surface area contributed by atoms with Crippen LogP contribution >= 0.6 is 0 Å². The van der Waals surface area contributed by atoms with Crippen LogP contribution in [0.5, 0.6) is 0 Å². The van der Waals surface area contributed by atoms with Crippen LogP contribution < -0.4 is 0 Å². The van der Waals surface area contributed by atoms with Crippen molar-refractivity contribution in [3.05, 3.63) is 0 Å². The Morgan fingerprint density at radius 2 is 2.11 bits per heavy atom. The summed E-state index contributed by atoms with van der Waals surface area (Å²) in [6, 6.07) is 0.151. The molecule has 5 nitrogen and oxygen atoms in total. The molecule has 1 rings (SSSR count). The number of hydrogen-bond acceptors (Lipinski definition) is 3. The molecule has 0 bridgehead atoms. The lowest BCUT2D eigenvalue weighted by atomic mass is 10.1. The molecule has 1 aliphatic heterocycles. The number of hydrogen-bond donors (Lipinski definition) is 1. The van der Waals surface area contributed by atoms with Crippen LogP contribution in [-0.4, -0.2) is 59.0 Å². The van der Waals surface area contributed by atoms with Crippen molar-refractivity contribution in [2.45, 2.75) is 45.8 Å². The van der Waals surface area contributed by atoms with Crippen molar-refractivity contribution >= 4 is 11.8 Å². The molecule has 0 spiro atoms. The summed E-state index contributed by atoms with van der Waals surface area (Å²) in [5.41, 5.74) is 0. The number of rotatable bonds is 5. The Labute approximate surface area is 109 Å². The van der Waals surface area contributed by atoms with Gasteiger partial charge in [0, 0.05) is 32.6 Å². The molecule has 1 saturated heterocycles. The second-order valence-electron chi connectivity index (χ2n) is 5.44. The van der Waals surface area contributed by atoms with E-state index in [9.17, 15) is 14.7 Å². The lowest BCUT2D eigenvalue weighted by Crippen LogP contribution is -2.37. The van der Waals surface area contributed by atoms with Gasteiger partial charge < -0.3 is 14.9 Å². The SMILES string of the molecule is CC(O)CCN(C)C(=O)C1CC(=O)N(C(C)C)C1. The Balaban J connectivity index is 2.51. The zero-order valence-corrected chi connectivity index (χ0v) is 11.7. The number of nitrogens with zero attached hydrogens (tertiary/aromatic N) is 2. The largest absolute Gasteiger partial charge is 0.393 e. The molecule has 5 heteroatoms. The molecular weight excluding hydrogens is 232 g/mol. The van der Waals surface area contributed by atoms with Crippen LogP contribution in [0.3, 0.4) is 0 Å². The molecule has 1 fully saturated rings. The Bertz CT molecular complexity index is 315. The lowest BCUT2D eigenvalue weighted by molar-refractivity contribution is -0.134. The van der Waals surface area contributed by atoms with Gasteiger partial charge in [-0.05, 0) is 27.2 Å². The van der Waals surface area contributed by atoms with E-state index in [1.807, 2.05) is 13.8 Å². The summed E-state index contributed by atoms with van der Waals surface area (Å²) in [6.45, 7) is 6.68. The first-order valence-electron chi connectivity index (χ1n) is 6.55. The highest BCUT2D eigenvalue weighted by Gasteiger charge is 2.36. The van der Waals surface area contributed by atoms with Crippen LogP contribution in [0.1, 0.15) is 33.6 Å². The van der Waals surface area contributed by atoms with Gasteiger partial charge in [-0.15, -0.1) is 0 Å². The highest BCUT2D eigenvalue weighted by Crippen LogP contribution is 2.21. The zero-order chi connectivity index (χ0) is 13.9. The minimum Gasteiger partial charge on any atom is -0.393 e. The molecule has 2 unspecified atom stereocenters. The molecule has 0 aromatic rings. The summed E-state index contributed by atoms with van der Waals surface area (Å²) in [5.74, 6) is -0.154. The fourth-order valence-electron chi connectivity index (χ4n) is 2.20. The summed E-state index contributed by atoms with van der Waals surface area (Å²) >= 11 is 0. The average molecular weight is 256 g/mol. The fourth-order valence-corrected chi connectivity index (χ4v) is 2.20. The quantitative estimate of drug-likeness (QED) is 0.778. The first kappa shape index (κ1) is 15.0. The Hall–Kier alpha value is -1.10. The van der Waals surface area contributed by atoms with Crippen LogP contribution in [0.4, 0.5) is 0 Å². The topological polar surface area (TPSA) is 60.9 Å². The van der Waals surface area contributed by atoms with Crippen molar-refractivity contribution in [2.75, 3.05) is 20.1 Å². The van der Waals surface area contributed by atoms with Gasteiger partial charge in [-0.1, -0.05) is 0 Å². The standard InChI is InChI=1S/C13H24N2O3/c1-9(2)15-8-11(7-12(15)17)13(18)14(4)6-5-10(3)16/h9-11,16H,5-8H2,1-4H3. The highest BCUT2D eigenvalue weighted by molar-refractivity contribution is 5.89. The summed E-state index contributed by atoms with van der Waals surface area (Å²) in [6.07, 6.45) is 0.477. The fraction of sp³-hybridized carbons (Fsp3) is 0.846. The van der Waals surface area contributed by atoms with E-state index in [0.717, 1.165) is 0 Å². The van der Waals surface area contributed by atoms with Crippen molar-refractivity contribution in [2.24, 2.45) is 5.92 Å². The van der Waals surface area contributed by atoms with Gasteiger partial charge in [-0.25, -0.2) is 0 Å². The molecule has 0 aromatic heterocycles. The van der Waals surface area contributed by atoms with Gasteiger partial charge in [-0.3, -0.25) is 9.59 Å². The Kier molecular flexibility index (Phi) is 5.14. The van der Waals surface area contributed by atoms with E-state index in [1.165, 1.54) is 0 Å². The van der Waals surface area contributed by atoms with Gasteiger partial charge in [0.1, 0.15) is 0 Å². The minimum atomic E-state index is -0.405. The number of carbonyl (C=O) groups excluding carboxylic acids is 2. The molecule has 104 valence electrons. The number of likely N-dealkylation sites (tertiary alicyclic amines) is 1. The van der Waals surface area contributed by atoms with Crippen molar-refractivity contribution in [1.82, 2.24) is 9.80 Å². The van der Waals surface area contributed by atoms with E-state index in [0.29, 0.717) is 25.9 Å². The van der Waals surface area contributed by atoms with Gasteiger partial charge in [0.2, 0.25) is 11.8 Å². The third-order valence-corrected chi connectivity index (χ3v) is 3.39. The van der Waals surface area contributed by atoms with Gasteiger partial charge in [0.15, 0.2) is 0 Å². The number of carbonyl (C=O) groups is 2. The molecular formula is C13H24N2O3. The predicted octanol–water partition coefficient (Wildman–Crippen LogP) is 0.473. The maximum absolute atomic E-state index is 12.1. The minimum absolute atomic E-state index is 0.00662. The molecule has 1 N–H and O–H groups in total. The molecule has 0 radical (unpaired) electrons. The van der Waals surface area contributed by atoms with E-state index in [2.05, 4.69) is 0 Å². The monoisotopic (exact) mass is 256 g/mol. The van der Waals surface area contributed by atoms with E-state index >= 15 is 0 Å². The third kappa shape index (κ3) is 3.70. The van der Waals surface area contributed by atoms with E-state index in [1.54, 1.807) is 23.8 Å². The maximum atomic E-state index is 12.1. The Morgan fingerprint density at radius 3 is 2.56 bits per heavy atom. The Morgan fingerprint density at radius 1 is 1.50 bits per heavy atom. The van der Waals surface area contributed by atoms with Crippen LogP contribution in [-0.2, 0) is 9.59 Å². The number of amides is 2. The molecule has 0 saturated carbocycles. The summed E-state index contributed by atoms with van der Waals surface area (Å²) in [7, 11) is 1.73. The second kappa shape index (κ2) is 6.18. The molecule has 0 aromatic carbocycles. The van der Waals surface area contributed by atoms with E-state index in [4.69, 9.17) is 0 Å². The molecule has 2 amide bonds. The van der Waals surface area contributed by atoms with Crippen molar-refractivity contribution < 1.29 is 14.7 Å². The average Bonchev–Trinajstić information content (AvgIpc) is 2.67. The molecule has 0 aliphatic carbocycles. The van der Waals surface area contributed by atoms with Crippen LogP contribution in [0, 0.1) is 5.92 Å². The summed E-state index contributed by atoms with van der Waals surface area (Å²) in [4.78, 5) is 27.2. The first-order valence-corrected chi connectivity index (χ1v) is 6.55. The second-order valence-corrected chi connectivity index (χ2v) is 5.44.